The first kappa shape index (κ1) is 15.6. The van der Waals surface area contributed by atoms with Crippen LogP contribution in [0.4, 0.5) is 0 Å². The fraction of sp³-hybridized carbons (Fsp3) is 0.278. The molecule has 0 saturated carbocycles. The normalized spacial score (nSPS) is 12.2. The SMILES string of the molecule is Cc1ccc(C)c(S(=O)CC(=O)c2ccc(C)c(C)c2)c1. The smallest absolute Gasteiger partial charge is 0.175 e. The van der Waals surface area contributed by atoms with E-state index in [-0.39, 0.29) is 11.5 Å². The van der Waals surface area contributed by atoms with Crippen molar-refractivity contribution in [3.05, 3.63) is 64.2 Å². The molecule has 0 amide bonds. The van der Waals surface area contributed by atoms with Crippen molar-refractivity contribution >= 4 is 16.6 Å². The molecule has 0 aromatic heterocycles. The van der Waals surface area contributed by atoms with Crippen molar-refractivity contribution in [3.63, 3.8) is 0 Å². The van der Waals surface area contributed by atoms with Gasteiger partial charge in [-0.15, -0.1) is 0 Å². The summed E-state index contributed by atoms with van der Waals surface area (Å²) in [5.41, 5.74) is 4.90. The molecule has 0 bridgehead atoms. The molecule has 0 N–H and O–H groups in total. The van der Waals surface area contributed by atoms with Gasteiger partial charge in [0.25, 0.3) is 0 Å². The fourth-order valence-corrected chi connectivity index (χ4v) is 3.45. The molecule has 0 fully saturated rings. The first-order valence-electron chi connectivity index (χ1n) is 6.94. The average molecular weight is 300 g/mol. The summed E-state index contributed by atoms with van der Waals surface area (Å²) in [6, 6.07) is 11.5. The van der Waals surface area contributed by atoms with Gasteiger partial charge in [0.1, 0.15) is 0 Å². The number of Topliss-reactive ketones (excluding diaryl/α,β-unsaturated/α-hetero) is 1. The van der Waals surface area contributed by atoms with Gasteiger partial charge in [-0.25, -0.2) is 0 Å². The average Bonchev–Trinajstić information content (AvgIpc) is 2.44. The van der Waals surface area contributed by atoms with Gasteiger partial charge in [0.2, 0.25) is 0 Å². The van der Waals surface area contributed by atoms with Crippen molar-refractivity contribution in [2.24, 2.45) is 0 Å². The first-order valence-corrected chi connectivity index (χ1v) is 8.26. The van der Waals surface area contributed by atoms with E-state index >= 15 is 0 Å². The van der Waals surface area contributed by atoms with Crippen LogP contribution in [0.2, 0.25) is 0 Å². The second kappa shape index (κ2) is 6.35. The van der Waals surface area contributed by atoms with Gasteiger partial charge in [-0.2, -0.15) is 0 Å². The van der Waals surface area contributed by atoms with Gasteiger partial charge in [-0.05, 0) is 62.1 Å². The highest BCUT2D eigenvalue weighted by molar-refractivity contribution is 7.85. The molecule has 2 aromatic carbocycles. The van der Waals surface area contributed by atoms with E-state index in [1.165, 1.54) is 0 Å². The molecule has 0 radical (unpaired) electrons. The highest BCUT2D eigenvalue weighted by Gasteiger charge is 2.14. The van der Waals surface area contributed by atoms with E-state index in [0.717, 1.165) is 27.1 Å². The number of hydrogen-bond acceptors (Lipinski definition) is 2. The zero-order chi connectivity index (χ0) is 15.6. The summed E-state index contributed by atoms with van der Waals surface area (Å²) < 4.78 is 12.4. The van der Waals surface area contributed by atoms with Crippen LogP contribution < -0.4 is 0 Å². The summed E-state index contributed by atoms with van der Waals surface area (Å²) in [4.78, 5) is 13.1. The lowest BCUT2D eigenvalue weighted by molar-refractivity contribution is 0.102. The van der Waals surface area contributed by atoms with Crippen molar-refractivity contribution in [3.8, 4) is 0 Å². The van der Waals surface area contributed by atoms with Crippen LogP contribution in [0.1, 0.15) is 32.6 Å². The summed E-state index contributed by atoms with van der Waals surface area (Å²) in [5, 5.41) is 0. The second-order valence-corrected chi connectivity index (χ2v) is 6.90. The Morgan fingerprint density at radius 3 is 2.24 bits per heavy atom. The molecule has 2 rings (SSSR count). The second-order valence-electron chi connectivity index (χ2n) is 5.48. The minimum Gasteiger partial charge on any atom is -0.293 e. The quantitative estimate of drug-likeness (QED) is 0.802. The number of aryl methyl sites for hydroxylation is 4. The van der Waals surface area contributed by atoms with E-state index in [1.807, 2.05) is 64.1 Å². The van der Waals surface area contributed by atoms with Gasteiger partial charge < -0.3 is 0 Å². The van der Waals surface area contributed by atoms with E-state index in [0.29, 0.717) is 5.56 Å². The zero-order valence-electron chi connectivity index (χ0n) is 12.9. The van der Waals surface area contributed by atoms with Gasteiger partial charge in [-0.1, -0.05) is 24.3 Å². The van der Waals surface area contributed by atoms with Crippen molar-refractivity contribution in [1.29, 1.82) is 0 Å². The van der Waals surface area contributed by atoms with E-state index in [1.54, 1.807) is 0 Å². The molecule has 0 aliphatic carbocycles. The number of rotatable bonds is 4. The Morgan fingerprint density at radius 1 is 0.905 bits per heavy atom. The van der Waals surface area contributed by atoms with E-state index in [9.17, 15) is 9.00 Å². The summed E-state index contributed by atoms with van der Waals surface area (Å²) in [6.07, 6.45) is 0. The van der Waals surface area contributed by atoms with Gasteiger partial charge in [-0.3, -0.25) is 9.00 Å². The molecule has 1 unspecified atom stereocenters. The summed E-state index contributed by atoms with van der Waals surface area (Å²) >= 11 is 0. The van der Waals surface area contributed by atoms with Gasteiger partial charge in [0.15, 0.2) is 5.78 Å². The van der Waals surface area contributed by atoms with E-state index < -0.39 is 10.8 Å². The maximum absolute atomic E-state index is 12.4. The molecular formula is C18H20O2S. The molecule has 0 aliphatic rings. The van der Waals surface area contributed by atoms with Crippen LogP contribution in [0.3, 0.4) is 0 Å². The topological polar surface area (TPSA) is 34.1 Å². The largest absolute Gasteiger partial charge is 0.293 e. The van der Waals surface area contributed by atoms with Crippen LogP contribution in [-0.2, 0) is 10.8 Å². The molecule has 2 aromatic rings. The maximum Gasteiger partial charge on any atom is 0.175 e. The Balaban J connectivity index is 2.20. The first-order chi connectivity index (χ1) is 9.88. The molecular weight excluding hydrogens is 280 g/mol. The fourth-order valence-electron chi connectivity index (χ4n) is 2.15. The third kappa shape index (κ3) is 3.67. The lowest BCUT2D eigenvalue weighted by Crippen LogP contribution is -2.12. The monoisotopic (exact) mass is 300 g/mol. The Hall–Kier alpha value is -1.74. The number of benzene rings is 2. The van der Waals surface area contributed by atoms with Gasteiger partial charge in [0, 0.05) is 10.5 Å². The number of carbonyl (C=O) groups is 1. The Kier molecular flexibility index (Phi) is 4.73. The molecule has 0 saturated heterocycles. The van der Waals surface area contributed by atoms with Crippen LogP contribution >= 0.6 is 0 Å². The third-order valence-corrected chi connectivity index (χ3v) is 5.13. The predicted octanol–water partition coefficient (Wildman–Crippen LogP) is 3.91. The van der Waals surface area contributed by atoms with Crippen molar-refractivity contribution in [1.82, 2.24) is 0 Å². The van der Waals surface area contributed by atoms with Crippen LogP contribution in [0, 0.1) is 27.7 Å². The number of hydrogen-bond donors (Lipinski definition) is 0. The standard InChI is InChI=1S/C18H20O2S/c1-12-5-6-14(3)18(9-12)21(20)11-17(19)16-8-7-13(2)15(4)10-16/h5-10H,11H2,1-4H3. The molecule has 3 heteroatoms. The van der Waals surface area contributed by atoms with Crippen LogP contribution in [0.25, 0.3) is 0 Å². The molecule has 1 atom stereocenters. The van der Waals surface area contributed by atoms with Crippen molar-refractivity contribution in [2.75, 3.05) is 5.75 Å². The number of ketones is 1. The molecule has 110 valence electrons. The summed E-state index contributed by atoms with van der Waals surface area (Å²) in [7, 11) is -1.30. The minimum absolute atomic E-state index is 0.0345. The highest BCUT2D eigenvalue weighted by Crippen LogP contribution is 2.17. The highest BCUT2D eigenvalue weighted by atomic mass is 32.2. The minimum atomic E-state index is -1.30. The van der Waals surface area contributed by atoms with Crippen LogP contribution in [0.15, 0.2) is 41.3 Å². The lowest BCUT2D eigenvalue weighted by Gasteiger charge is -2.08. The van der Waals surface area contributed by atoms with Crippen molar-refractivity contribution in [2.45, 2.75) is 32.6 Å². The molecule has 0 aliphatic heterocycles. The molecule has 21 heavy (non-hydrogen) atoms. The molecule has 0 spiro atoms. The zero-order valence-corrected chi connectivity index (χ0v) is 13.7. The number of carbonyl (C=O) groups excluding carboxylic acids is 1. The van der Waals surface area contributed by atoms with Crippen LogP contribution in [0.5, 0.6) is 0 Å². The Bertz CT molecular complexity index is 717. The van der Waals surface area contributed by atoms with Crippen LogP contribution in [-0.4, -0.2) is 15.7 Å². The van der Waals surface area contributed by atoms with E-state index in [2.05, 4.69) is 0 Å². The maximum atomic E-state index is 12.4. The Morgan fingerprint density at radius 2 is 1.57 bits per heavy atom. The summed E-state index contributed by atoms with van der Waals surface area (Å²) in [5.74, 6) is -0.0374. The Labute approximate surface area is 128 Å². The predicted molar refractivity (Wildman–Crippen MR) is 87.4 cm³/mol. The molecule has 2 nitrogen and oxygen atoms in total. The lowest BCUT2D eigenvalue weighted by atomic mass is 10.0. The third-order valence-electron chi connectivity index (χ3n) is 3.68. The van der Waals surface area contributed by atoms with Gasteiger partial charge in [0.05, 0.1) is 16.6 Å². The van der Waals surface area contributed by atoms with Gasteiger partial charge >= 0.3 is 0 Å². The van der Waals surface area contributed by atoms with Crippen molar-refractivity contribution < 1.29 is 9.00 Å². The summed E-state index contributed by atoms with van der Waals surface area (Å²) in [6.45, 7) is 7.88. The van der Waals surface area contributed by atoms with E-state index in [4.69, 9.17) is 0 Å². The molecule has 0 heterocycles.